The monoisotopic (exact) mass is 312 g/mol. The van der Waals surface area contributed by atoms with Crippen LogP contribution in [0.15, 0.2) is 60.7 Å². The molecule has 0 aromatic heterocycles. The number of hydrogen-bond donors (Lipinski definition) is 0. The zero-order valence-corrected chi connectivity index (χ0v) is 14.7. The van der Waals surface area contributed by atoms with Crippen molar-refractivity contribution in [1.82, 2.24) is 0 Å². The highest BCUT2D eigenvalue weighted by Crippen LogP contribution is 2.45. The minimum absolute atomic E-state index is 0.570. The predicted molar refractivity (Wildman–Crippen MR) is 95.5 cm³/mol. The molecule has 0 saturated heterocycles. The van der Waals surface area contributed by atoms with E-state index in [0.717, 1.165) is 24.0 Å². The second kappa shape index (κ2) is 7.76. The molecule has 0 heterocycles. The Hall–Kier alpha value is -1.64. The van der Waals surface area contributed by atoms with Gasteiger partial charge >= 0.3 is 0 Å². The van der Waals surface area contributed by atoms with Gasteiger partial charge in [-0.15, -0.1) is 0 Å². The highest BCUT2D eigenvalue weighted by molar-refractivity contribution is 5.33. The van der Waals surface area contributed by atoms with E-state index in [1.165, 1.54) is 0 Å². The molecule has 2 aromatic rings. The van der Waals surface area contributed by atoms with Crippen molar-refractivity contribution in [2.75, 3.05) is 13.7 Å². The van der Waals surface area contributed by atoms with Gasteiger partial charge in [0.25, 0.3) is 0 Å². The third-order valence-electron chi connectivity index (χ3n) is 4.86. The van der Waals surface area contributed by atoms with Gasteiger partial charge in [-0.2, -0.15) is 0 Å². The molecule has 0 saturated carbocycles. The number of methoxy groups -OCH3 is 1. The zero-order chi connectivity index (χ0) is 16.8. The Balaban J connectivity index is 2.50. The van der Waals surface area contributed by atoms with Crippen LogP contribution in [0.1, 0.15) is 44.7 Å². The van der Waals surface area contributed by atoms with E-state index in [-0.39, 0.29) is 0 Å². The third kappa shape index (κ3) is 3.49. The topological polar surface area (TPSA) is 18.5 Å². The Labute approximate surface area is 140 Å². The summed E-state index contributed by atoms with van der Waals surface area (Å²) in [5, 5.41) is 0. The Bertz CT molecular complexity index is 581. The Kier molecular flexibility index (Phi) is 5.97. The van der Waals surface area contributed by atoms with E-state index >= 15 is 0 Å². The normalized spacial score (nSPS) is 16.5. The minimum Gasteiger partial charge on any atom is -0.370 e. The molecule has 2 atom stereocenters. The van der Waals surface area contributed by atoms with Gasteiger partial charge in [-0.25, -0.2) is 0 Å². The molecule has 2 unspecified atom stereocenters. The number of ether oxygens (including phenoxy) is 2. The van der Waals surface area contributed by atoms with Gasteiger partial charge in [0.15, 0.2) is 0 Å². The van der Waals surface area contributed by atoms with Gasteiger partial charge in [-0.3, -0.25) is 0 Å². The first-order chi connectivity index (χ1) is 11.1. The highest BCUT2D eigenvalue weighted by Gasteiger charge is 2.48. The second-order valence-electron chi connectivity index (χ2n) is 6.20. The van der Waals surface area contributed by atoms with Crippen LogP contribution in [-0.4, -0.2) is 13.7 Å². The molecule has 0 bridgehead atoms. The molecule has 0 amide bonds. The van der Waals surface area contributed by atoms with E-state index in [4.69, 9.17) is 9.47 Å². The predicted octanol–water partition coefficient (Wildman–Crippen LogP) is 5.28. The molecule has 0 aliphatic heterocycles. The van der Waals surface area contributed by atoms with E-state index in [1.54, 1.807) is 7.11 Å². The lowest BCUT2D eigenvalue weighted by atomic mass is 9.75. The van der Waals surface area contributed by atoms with Gasteiger partial charge in [-0.1, -0.05) is 74.0 Å². The summed E-state index contributed by atoms with van der Waals surface area (Å²) in [6, 6.07) is 20.7. The maximum atomic E-state index is 6.44. The lowest BCUT2D eigenvalue weighted by molar-refractivity contribution is -0.195. The molecule has 0 radical (unpaired) electrons. The van der Waals surface area contributed by atoms with Crippen molar-refractivity contribution in [3.63, 3.8) is 0 Å². The van der Waals surface area contributed by atoms with Crippen LogP contribution in [0.4, 0.5) is 0 Å². The fourth-order valence-corrected chi connectivity index (χ4v) is 3.02. The Morgan fingerprint density at radius 2 is 1.26 bits per heavy atom. The average molecular weight is 312 g/mol. The summed E-state index contributed by atoms with van der Waals surface area (Å²) in [7, 11) is 1.76. The molecule has 0 fully saturated rings. The van der Waals surface area contributed by atoms with Crippen LogP contribution < -0.4 is 0 Å². The maximum absolute atomic E-state index is 6.44. The van der Waals surface area contributed by atoms with Gasteiger partial charge in [-0.05, 0) is 31.4 Å². The molecule has 0 spiro atoms. The number of rotatable bonds is 8. The van der Waals surface area contributed by atoms with E-state index < -0.39 is 11.2 Å². The summed E-state index contributed by atoms with van der Waals surface area (Å²) in [5.41, 5.74) is 1.10. The molecule has 2 heteroatoms. The quantitative estimate of drug-likeness (QED) is 0.617. The van der Waals surface area contributed by atoms with Crippen molar-refractivity contribution in [3.05, 3.63) is 71.8 Å². The average Bonchev–Trinajstić information content (AvgIpc) is 2.62. The first-order valence-electron chi connectivity index (χ1n) is 8.38. The van der Waals surface area contributed by atoms with Crippen LogP contribution in [0.25, 0.3) is 0 Å². The molecular formula is C21H28O2. The van der Waals surface area contributed by atoms with Crippen LogP contribution in [0, 0.1) is 0 Å². The molecule has 23 heavy (non-hydrogen) atoms. The van der Waals surface area contributed by atoms with Crippen LogP contribution in [-0.2, 0) is 20.7 Å². The SMILES string of the molecule is CCCCOC(C)(c1ccccc1)C(C)(OC)c1ccccc1. The van der Waals surface area contributed by atoms with Crippen LogP contribution in [0.5, 0.6) is 0 Å². The minimum atomic E-state index is -0.580. The van der Waals surface area contributed by atoms with Crippen LogP contribution in [0.2, 0.25) is 0 Å². The lowest BCUT2D eigenvalue weighted by Gasteiger charge is -2.46. The molecule has 0 aliphatic rings. The van der Waals surface area contributed by atoms with E-state index in [1.807, 2.05) is 24.3 Å². The summed E-state index contributed by atoms with van der Waals surface area (Å²) in [5.74, 6) is 0. The summed E-state index contributed by atoms with van der Waals surface area (Å²) in [4.78, 5) is 0. The molecule has 2 rings (SSSR count). The fourth-order valence-electron chi connectivity index (χ4n) is 3.02. The van der Waals surface area contributed by atoms with Crippen molar-refractivity contribution in [2.24, 2.45) is 0 Å². The molecule has 2 nitrogen and oxygen atoms in total. The largest absolute Gasteiger partial charge is 0.370 e. The van der Waals surface area contributed by atoms with Crippen molar-refractivity contribution in [3.8, 4) is 0 Å². The van der Waals surface area contributed by atoms with Crippen LogP contribution in [0.3, 0.4) is 0 Å². The zero-order valence-electron chi connectivity index (χ0n) is 14.7. The van der Waals surface area contributed by atoms with Crippen molar-refractivity contribution in [2.45, 2.75) is 44.8 Å². The lowest BCUT2D eigenvalue weighted by Crippen LogP contribution is -2.48. The van der Waals surface area contributed by atoms with Gasteiger partial charge in [0, 0.05) is 13.7 Å². The number of unbranched alkanes of at least 4 members (excludes halogenated alkanes) is 1. The first kappa shape index (κ1) is 17.7. The smallest absolute Gasteiger partial charge is 0.123 e. The second-order valence-corrected chi connectivity index (χ2v) is 6.20. The van der Waals surface area contributed by atoms with Crippen molar-refractivity contribution in [1.29, 1.82) is 0 Å². The first-order valence-corrected chi connectivity index (χ1v) is 8.38. The molecule has 0 N–H and O–H groups in total. The third-order valence-corrected chi connectivity index (χ3v) is 4.86. The standard InChI is InChI=1S/C21H28O2/c1-5-6-17-23-21(3,19-15-11-8-12-16-19)20(2,22-4)18-13-9-7-10-14-18/h7-16H,5-6,17H2,1-4H3. The van der Waals surface area contributed by atoms with E-state index in [0.29, 0.717) is 6.61 Å². The van der Waals surface area contributed by atoms with Crippen molar-refractivity contribution >= 4 is 0 Å². The van der Waals surface area contributed by atoms with Crippen LogP contribution >= 0.6 is 0 Å². The van der Waals surface area contributed by atoms with E-state index in [2.05, 4.69) is 57.2 Å². The van der Waals surface area contributed by atoms with Gasteiger partial charge < -0.3 is 9.47 Å². The van der Waals surface area contributed by atoms with E-state index in [9.17, 15) is 0 Å². The van der Waals surface area contributed by atoms with Gasteiger partial charge in [0.2, 0.25) is 0 Å². The molecule has 124 valence electrons. The summed E-state index contributed by atoms with van der Waals surface area (Å²) < 4.78 is 12.5. The number of benzene rings is 2. The summed E-state index contributed by atoms with van der Waals surface area (Å²) in [6.45, 7) is 7.14. The Morgan fingerprint density at radius 1 is 0.783 bits per heavy atom. The Morgan fingerprint density at radius 3 is 1.70 bits per heavy atom. The van der Waals surface area contributed by atoms with Gasteiger partial charge in [0.1, 0.15) is 11.2 Å². The molecule has 2 aromatic carbocycles. The molecule has 0 aliphatic carbocycles. The molecular weight excluding hydrogens is 284 g/mol. The fraction of sp³-hybridized carbons (Fsp3) is 0.429. The van der Waals surface area contributed by atoms with Gasteiger partial charge in [0.05, 0.1) is 0 Å². The van der Waals surface area contributed by atoms with Crippen molar-refractivity contribution < 1.29 is 9.47 Å². The number of hydrogen-bond acceptors (Lipinski definition) is 2. The summed E-state index contributed by atoms with van der Waals surface area (Å²) in [6.07, 6.45) is 2.15. The summed E-state index contributed by atoms with van der Waals surface area (Å²) >= 11 is 0. The maximum Gasteiger partial charge on any atom is 0.123 e. The highest BCUT2D eigenvalue weighted by atomic mass is 16.6.